The highest BCUT2D eigenvalue weighted by atomic mass is 79.9. The Bertz CT molecular complexity index is 738. The Morgan fingerprint density at radius 2 is 1.79 bits per heavy atom. The quantitative estimate of drug-likeness (QED) is 0.354. The number of anilines is 1. The molecule has 0 unspecified atom stereocenters. The van der Waals surface area contributed by atoms with Crippen LogP contribution in [0, 0.1) is 0 Å². The lowest BCUT2D eigenvalue weighted by Gasteiger charge is -2.32. The largest absolute Gasteiger partial charge is 0.466 e. The smallest absolute Gasteiger partial charge is 0.355 e. The topological polar surface area (TPSA) is 65.1 Å². The maximum atomic E-state index is 12.3. The van der Waals surface area contributed by atoms with Gasteiger partial charge in [-0.3, -0.25) is 0 Å². The van der Waals surface area contributed by atoms with Crippen molar-refractivity contribution in [2.24, 2.45) is 0 Å². The normalized spacial score (nSPS) is 14.7. The summed E-state index contributed by atoms with van der Waals surface area (Å²) in [6.07, 6.45) is 0. The van der Waals surface area contributed by atoms with Crippen molar-refractivity contribution >= 4 is 72.7 Å². The van der Waals surface area contributed by atoms with Gasteiger partial charge in [0.05, 0.1) is 51.1 Å². The molecule has 0 aromatic heterocycles. The van der Waals surface area contributed by atoms with Gasteiger partial charge in [0.1, 0.15) is 12.4 Å². The third kappa shape index (κ3) is 3.57. The van der Waals surface area contributed by atoms with E-state index in [-0.39, 0.29) is 24.6 Å². The molecular weight excluding hydrogens is 493 g/mol. The first kappa shape index (κ1) is 19.5. The van der Waals surface area contributed by atoms with Crippen LogP contribution in [0.3, 0.4) is 0 Å². The monoisotopic (exact) mass is 501 g/mol. The number of carbonyl (C=O) groups is 2. The Labute approximate surface area is 164 Å². The molecule has 0 saturated heterocycles. The second-order valence-corrected chi connectivity index (χ2v) is 6.91. The Morgan fingerprint density at radius 1 is 1.17 bits per heavy atom. The van der Waals surface area contributed by atoms with Crippen LogP contribution in [-0.4, -0.2) is 39.5 Å². The minimum Gasteiger partial charge on any atom is -0.466 e. The number of benzene rings is 1. The number of carbonyl (C=O) groups excluding carboxylic acids is 2. The first-order valence-electron chi connectivity index (χ1n) is 6.41. The molecule has 1 heterocycles. The van der Waals surface area contributed by atoms with Crippen molar-refractivity contribution < 1.29 is 23.8 Å². The summed E-state index contributed by atoms with van der Waals surface area (Å²) in [5, 5.41) is 0.638. The Balaban J connectivity index is 2.68. The fourth-order valence-corrected chi connectivity index (χ4v) is 3.64. The van der Waals surface area contributed by atoms with E-state index in [2.05, 4.69) is 31.9 Å². The molecule has 6 nitrogen and oxygen atoms in total. The second-order valence-electron chi connectivity index (χ2n) is 4.54. The van der Waals surface area contributed by atoms with Gasteiger partial charge in [0, 0.05) is 0 Å². The molecule has 1 aromatic rings. The first-order chi connectivity index (χ1) is 11.3. The van der Waals surface area contributed by atoms with Gasteiger partial charge in [0.15, 0.2) is 0 Å². The van der Waals surface area contributed by atoms with Crippen molar-refractivity contribution in [3.63, 3.8) is 0 Å². The van der Waals surface area contributed by atoms with Crippen LogP contribution in [0.2, 0.25) is 10.0 Å². The number of halogens is 4. The zero-order valence-corrected chi connectivity index (χ0v) is 17.2. The van der Waals surface area contributed by atoms with Crippen molar-refractivity contribution in [3.05, 3.63) is 36.3 Å². The van der Waals surface area contributed by atoms with Gasteiger partial charge >= 0.3 is 11.9 Å². The molecule has 2 rings (SSSR count). The van der Waals surface area contributed by atoms with Crippen molar-refractivity contribution in [1.82, 2.24) is 0 Å². The van der Waals surface area contributed by atoms with Gasteiger partial charge in [-0.1, -0.05) is 23.2 Å². The predicted octanol–water partition coefficient (Wildman–Crippen LogP) is 3.91. The maximum absolute atomic E-state index is 12.3. The lowest BCUT2D eigenvalue weighted by molar-refractivity contribution is -0.140. The zero-order chi connectivity index (χ0) is 18.0. The van der Waals surface area contributed by atoms with Gasteiger partial charge in [-0.25, -0.2) is 9.59 Å². The van der Waals surface area contributed by atoms with E-state index in [1.54, 1.807) is 6.07 Å². The number of hydrogen-bond donors (Lipinski definition) is 0. The summed E-state index contributed by atoms with van der Waals surface area (Å²) >= 11 is 19.0. The van der Waals surface area contributed by atoms with Crippen LogP contribution in [0.15, 0.2) is 26.3 Å². The van der Waals surface area contributed by atoms with E-state index in [0.29, 0.717) is 24.7 Å². The minimum atomic E-state index is -0.708. The summed E-state index contributed by atoms with van der Waals surface area (Å²) < 4.78 is 15.9. The first-order valence-corrected chi connectivity index (χ1v) is 8.75. The van der Waals surface area contributed by atoms with Gasteiger partial charge in [0.2, 0.25) is 0 Å². The summed E-state index contributed by atoms with van der Waals surface area (Å²) in [6.45, 7) is -0.0823. The molecule has 1 aromatic carbocycles. The van der Waals surface area contributed by atoms with E-state index < -0.39 is 11.9 Å². The summed E-state index contributed by atoms with van der Waals surface area (Å²) in [4.78, 5) is 25.7. The summed E-state index contributed by atoms with van der Waals surface area (Å²) in [5.41, 5.74) is 0.484. The number of ether oxygens (including phenoxy) is 3. The Morgan fingerprint density at radius 3 is 2.38 bits per heavy atom. The molecule has 24 heavy (non-hydrogen) atoms. The molecule has 0 atom stereocenters. The molecular formula is C14H11Br2Cl2NO5. The highest BCUT2D eigenvalue weighted by molar-refractivity contribution is 9.11. The van der Waals surface area contributed by atoms with Crippen LogP contribution < -0.4 is 4.90 Å². The molecule has 0 aliphatic carbocycles. The number of esters is 2. The Kier molecular flexibility index (Phi) is 6.55. The molecule has 0 N–H and O–H groups in total. The maximum Gasteiger partial charge on any atom is 0.355 e. The molecule has 0 fully saturated rings. The van der Waals surface area contributed by atoms with E-state index >= 15 is 0 Å². The van der Waals surface area contributed by atoms with Crippen molar-refractivity contribution in [1.29, 1.82) is 0 Å². The minimum absolute atomic E-state index is 0.00216. The highest BCUT2D eigenvalue weighted by Gasteiger charge is 2.34. The molecule has 10 heteroatoms. The fraction of sp³-hybridized carbons (Fsp3) is 0.286. The van der Waals surface area contributed by atoms with Crippen LogP contribution in [0.1, 0.15) is 0 Å². The van der Waals surface area contributed by atoms with Crippen LogP contribution in [0.5, 0.6) is 0 Å². The van der Waals surface area contributed by atoms with Crippen molar-refractivity contribution in [2.75, 3.05) is 32.5 Å². The van der Waals surface area contributed by atoms with Crippen molar-refractivity contribution in [2.45, 2.75) is 0 Å². The average molecular weight is 504 g/mol. The fourth-order valence-electron chi connectivity index (χ4n) is 2.09. The third-order valence-corrected chi connectivity index (χ3v) is 6.19. The third-order valence-electron chi connectivity index (χ3n) is 3.21. The van der Waals surface area contributed by atoms with Gasteiger partial charge in [-0.15, -0.1) is 0 Å². The average Bonchev–Trinajstić information content (AvgIpc) is 2.60. The lowest BCUT2D eigenvalue weighted by Crippen LogP contribution is -2.39. The highest BCUT2D eigenvalue weighted by Crippen LogP contribution is 2.44. The molecule has 1 aliphatic heterocycles. The molecule has 0 spiro atoms. The van der Waals surface area contributed by atoms with Gasteiger partial charge < -0.3 is 19.1 Å². The Hall–Kier alpha value is -0.800. The molecule has 1 aliphatic rings. The predicted molar refractivity (Wildman–Crippen MR) is 96.2 cm³/mol. The van der Waals surface area contributed by atoms with E-state index in [1.807, 2.05) is 0 Å². The molecule has 0 bridgehead atoms. The lowest BCUT2D eigenvalue weighted by atomic mass is 10.1. The molecule has 0 radical (unpaired) electrons. The summed E-state index contributed by atoms with van der Waals surface area (Å²) in [7, 11) is 2.43. The summed E-state index contributed by atoms with van der Waals surface area (Å²) in [5.74, 6) is -1.40. The van der Waals surface area contributed by atoms with Crippen LogP contribution in [0.25, 0.3) is 0 Å². The number of hydrogen-bond acceptors (Lipinski definition) is 6. The van der Waals surface area contributed by atoms with Crippen molar-refractivity contribution in [3.8, 4) is 0 Å². The number of nitrogens with zero attached hydrogens (tertiary/aromatic N) is 1. The molecule has 0 amide bonds. The molecule has 0 saturated carbocycles. The summed E-state index contributed by atoms with van der Waals surface area (Å²) in [6, 6.07) is 1.58. The zero-order valence-electron chi connectivity index (χ0n) is 12.5. The van der Waals surface area contributed by atoms with Crippen LogP contribution in [-0.2, 0) is 23.8 Å². The van der Waals surface area contributed by atoms with E-state index in [1.165, 1.54) is 19.1 Å². The van der Waals surface area contributed by atoms with Crippen LogP contribution >= 0.6 is 55.1 Å². The second kappa shape index (κ2) is 8.05. The number of rotatable bonds is 3. The van der Waals surface area contributed by atoms with Gasteiger partial charge in [-0.2, -0.15) is 0 Å². The molecule has 130 valence electrons. The van der Waals surface area contributed by atoms with Crippen LogP contribution in [0.4, 0.5) is 5.69 Å². The van der Waals surface area contributed by atoms with E-state index in [4.69, 9.17) is 37.4 Å². The van der Waals surface area contributed by atoms with E-state index in [9.17, 15) is 9.59 Å². The van der Waals surface area contributed by atoms with E-state index in [0.717, 1.165) is 0 Å². The van der Waals surface area contributed by atoms with Gasteiger partial charge in [-0.05, 0) is 37.9 Å². The standard InChI is InChI=1S/C14H11Br2Cl2NO5/c1-22-13(20)6-4-24-5-19(12(6)14(21)23-2)8-3-7(17)9(15)11(18)10(8)16/h3H,4-5H2,1-2H3. The van der Waals surface area contributed by atoms with Gasteiger partial charge in [0.25, 0.3) is 0 Å². The SMILES string of the molecule is COC(=O)C1=C(C(=O)OC)N(c2cc(Cl)c(Br)c(Cl)c2Br)COC1. The number of methoxy groups -OCH3 is 2.